The number of aliphatic imine (C=N–C) groups is 1. The summed E-state index contributed by atoms with van der Waals surface area (Å²) in [7, 11) is 0. The molecule has 2 aromatic carbocycles. The second kappa shape index (κ2) is 10.8. The summed E-state index contributed by atoms with van der Waals surface area (Å²) in [4.78, 5) is 21.5. The number of ether oxygens (including phenoxy) is 1. The van der Waals surface area contributed by atoms with Gasteiger partial charge >= 0.3 is 6.18 Å². The summed E-state index contributed by atoms with van der Waals surface area (Å²) >= 11 is 5.66. The van der Waals surface area contributed by atoms with Crippen molar-refractivity contribution in [3.8, 4) is 11.5 Å². The summed E-state index contributed by atoms with van der Waals surface area (Å²) in [6.45, 7) is 3.25. The summed E-state index contributed by atoms with van der Waals surface area (Å²) in [5, 5.41) is 5.25. The highest BCUT2D eigenvalue weighted by molar-refractivity contribution is 6.31. The normalized spacial score (nSPS) is 13.7. The van der Waals surface area contributed by atoms with Crippen molar-refractivity contribution >= 4 is 35.1 Å². The Hall–Kier alpha value is -3.85. The first-order chi connectivity index (χ1) is 17.2. The topological polar surface area (TPSA) is 75.6 Å². The molecule has 0 aliphatic carbocycles. The van der Waals surface area contributed by atoms with E-state index in [9.17, 15) is 18.0 Å². The lowest BCUT2D eigenvalue weighted by molar-refractivity contribution is -0.137. The first-order valence-corrected chi connectivity index (χ1v) is 11.5. The number of amidine groups is 1. The van der Waals surface area contributed by atoms with E-state index in [1.165, 1.54) is 6.07 Å². The summed E-state index contributed by atoms with van der Waals surface area (Å²) < 4.78 is 45.4. The van der Waals surface area contributed by atoms with E-state index in [1.54, 1.807) is 55.6 Å². The van der Waals surface area contributed by atoms with Crippen molar-refractivity contribution in [2.45, 2.75) is 19.5 Å². The Balaban J connectivity index is 1.50. The first kappa shape index (κ1) is 25.2. The molecular formula is C26H22ClF3N4O2. The smallest absolute Gasteiger partial charge is 0.417 e. The Morgan fingerprint density at radius 2 is 1.97 bits per heavy atom. The highest BCUT2D eigenvalue weighted by atomic mass is 35.5. The van der Waals surface area contributed by atoms with Crippen LogP contribution in [0.25, 0.3) is 6.08 Å². The van der Waals surface area contributed by atoms with E-state index in [2.05, 4.69) is 20.6 Å². The van der Waals surface area contributed by atoms with Gasteiger partial charge in [-0.2, -0.15) is 13.2 Å². The number of anilines is 1. The summed E-state index contributed by atoms with van der Waals surface area (Å²) in [5.41, 5.74) is 0.753. The van der Waals surface area contributed by atoms with Crippen molar-refractivity contribution in [1.29, 1.82) is 0 Å². The standard InChI is InChI=1S/C26H22ClF3N4O2/c1-2-17(25(35)34-18-6-7-22(27)21(14-18)26(28,29)30)12-16-4-3-5-19(13-16)36-20-8-9-31-23(15-20)24-32-10-11-33-24/h3-9,12-15H,2,10-11H2,1H3,(H,32,33)(H,34,35). The predicted molar refractivity (Wildman–Crippen MR) is 134 cm³/mol. The van der Waals surface area contributed by atoms with Crippen molar-refractivity contribution in [3.05, 3.63) is 88.2 Å². The molecule has 0 fully saturated rings. The highest BCUT2D eigenvalue weighted by Crippen LogP contribution is 2.36. The van der Waals surface area contributed by atoms with Gasteiger partial charge in [0.1, 0.15) is 23.0 Å². The Bertz CT molecular complexity index is 1340. The Labute approximate surface area is 210 Å². The molecule has 0 spiro atoms. The van der Waals surface area contributed by atoms with Gasteiger partial charge < -0.3 is 15.4 Å². The third-order valence-electron chi connectivity index (χ3n) is 5.29. The largest absolute Gasteiger partial charge is 0.457 e. The number of hydrogen-bond donors (Lipinski definition) is 2. The molecule has 0 bridgehead atoms. The third-order valence-corrected chi connectivity index (χ3v) is 5.61. The maximum absolute atomic E-state index is 13.1. The van der Waals surface area contributed by atoms with Crippen molar-refractivity contribution in [1.82, 2.24) is 10.3 Å². The van der Waals surface area contributed by atoms with Crippen LogP contribution < -0.4 is 15.4 Å². The maximum Gasteiger partial charge on any atom is 0.417 e. The van der Waals surface area contributed by atoms with Crippen LogP contribution in [0.2, 0.25) is 5.02 Å². The molecule has 1 amide bonds. The lowest BCUT2D eigenvalue weighted by atomic mass is 10.1. The van der Waals surface area contributed by atoms with Crippen LogP contribution in [0, 0.1) is 0 Å². The van der Waals surface area contributed by atoms with Crippen molar-refractivity contribution in [3.63, 3.8) is 0 Å². The third kappa shape index (κ3) is 6.23. The predicted octanol–water partition coefficient (Wildman–Crippen LogP) is 6.33. The van der Waals surface area contributed by atoms with E-state index in [0.717, 1.165) is 24.5 Å². The number of pyridine rings is 1. The minimum atomic E-state index is -4.63. The fraction of sp³-hybridized carbons (Fsp3) is 0.192. The van der Waals surface area contributed by atoms with Crippen LogP contribution in [0.3, 0.4) is 0 Å². The second-order valence-corrected chi connectivity index (χ2v) is 8.29. The van der Waals surface area contributed by atoms with Gasteiger partial charge in [-0.1, -0.05) is 30.7 Å². The molecule has 1 aromatic heterocycles. The lowest BCUT2D eigenvalue weighted by Gasteiger charge is -2.13. The van der Waals surface area contributed by atoms with Gasteiger partial charge in [-0.25, -0.2) is 0 Å². The summed E-state index contributed by atoms with van der Waals surface area (Å²) in [6.07, 6.45) is -0.965. The fourth-order valence-corrected chi connectivity index (χ4v) is 3.76. The summed E-state index contributed by atoms with van der Waals surface area (Å²) in [6, 6.07) is 13.9. The number of alkyl halides is 3. The van der Waals surface area contributed by atoms with Gasteiger partial charge in [0.25, 0.3) is 5.91 Å². The number of carbonyl (C=O) groups excluding carboxylic acids is 1. The number of amides is 1. The molecule has 1 aliphatic heterocycles. The molecule has 2 N–H and O–H groups in total. The molecule has 0 saturated carbocycles. The molecule has 2 heterocycles. The molecule has 0 saturated heterocycles. The average molecular weight is 515 g/mol. The number of rotatable bonds is 7. The van der Waals surface area contributed by atoms with Crippen molar-refractivity contribution in [2.75, 3.05) is 18.4 Å². The SMILES string of the molecule is CCC(=Cc1cccc(Oc2ccnc(C3=NCCN3)c2)c1)C(=O)Nc1ccc(Cl)c(C(F)(F)F)c1. The molecule has 3 aromatic rings. The zero-order valence-electron chi connectivity index (χ0n) is 19.2. The number of benzene rings is 2. The average Bonchev–Trinajstić information content (AvgIpc) is 3.38. The van der Waals surface area contributed by atoms with Gasteiger partial charge in [-0.05, 0) is 54.5 Å². The highest BCUT2D eigenvalue weighted by Gasteiger charge is 2.33. The number of hydrogen-bond acceptors (Lipinski definition) is 5. The monoisotopic (exact) mass is 514 g/mol. The number of nitrogens with one attached hydrogen (secondary N) is 2. The van der Waals surface area contributed by atoms with E-state index in [1.807, 2.05) is 0 Å². The zero-order chi connectivity index (χ0) is 25.7. The molecule has 1 aliphatic rings. The van der Waals surface area contributed by atoms with Gasteiger partial charge in [0.05, 0.1) is 17.1 Å². The Kier molecular flexibility index (Phi) is 7.59. The molecule has 6 nitrogen and oxygen atoms in total. The molecule has 10 heteroatoms. The minimum absolute atomic E-state index is 0.00278. The van der Waals surface area contributed by atoms with E-state index in [-0.39, 0.29) is 5.69 Å². The quantitative estimate of drug-likeness (QED) is 0.361. The fourth-order valence-electron chi connectivity index (χ4n) is 3.54. The van der Waals surface area contributed by atoms with Crippen molar-refractivity contribution in [2.24, 2.45) is 4.99 Å². The van der Waals surface area contributed by atoms with Gasteiger partial charge in [0.15, 0.2) is 0 Å². The van der Waals surface area contributed by atoms with Crippen LogP contribution in [0.1, 0.15) is 30.2 Å². The van der Waals surface area contributed by atoms with E-state index < -0.39 is 22.7 Å². The number of halogens is 4. The second-order valence-electron chi connectivity index (χ2n) is 7.88. The van der Waals surface area contributed by atoms with E-state index in [4.69, 9.17) is 16.3 Å². The van der Waals surface area contributed by atoms with Crippen LogP contribution in [-0.4, -0.2) is 29.8 Å². The minimum Gasteiger partial charge on any atom is -0.457 e. The zero-order valence-corrected chi connectivity index (χ0v) is 20.0. The van der Waals surface area contributed by atoms with Crippen LogP contribution in [0.5, 0.6) is 11.5 Å². The lowest BCUT2D eigenvalue weighted by Crippen LogP contribution is -2.20. The Morgan fingerprint density at radius 3 is 2.69 bits per heavy atom. The van der Waals surface area contributed by atoms with Gasteiger partial charge in [-0.15, -0.1) is 0 Å². The van der Waals surface area contributed by atoms with Crippen LogP contribution in [-0.2, 0) is 11.0 Å². The van der Waals surface area contributed by atoms with E-state index in [0.29, 0.717) is 41.3 Å². The van der Waals surface area contributed by atoms with Crippen LogP contribution >= 0.6 is 11.6 Å². The number of carbonyl (C=O) groups is 1. The number of nitrogens with zero attached hydrogens (tertiary/aromatic N) is 2. The molecule has 0 radical (unpaired) electrons. The molecule has 0 unspecified atom stereocenters. The van der Waals surface area contributed by atoms with E-state index >= 15 is 0 Å². The molecular weight excluding hydrogens is 493 g/mol. The Morgan fingerprint density at radius 1 is 1.17 bits per heavy atom. The van der Waals surface area contributed by atoms with Gasteiger partial charge in [0.2, 0.25) is 0 Å². The molecule has 4 rings (SSSR count). The molecule has 186 valence electrons. The van der Waals surface area contributed by atoms with Crippen LogP contribution in [0.15, 0.2) is 71.4 Å². The van der Waals surface area contributed by atoms with Gasteiger partial charge in [-0.3, -0.25) is 14.8 Å². The maximum atomic E-state index is 13.1. The van der Waals surface area contributed by atoms with Gasteiger partial charge in [0, 0.05) is 30.1 Å². The molecule has 0 atom stereocenters. The van der Waals surface area contributed by atoms with Crippen molar-refractivity contribution < 1.29 is 22.7 Å². The van der Waals surface area contributed by atoms with Crippen LogP contribution in [0.4, 0.5) is 18.9 Å². The molecule has 36 heavy (non-hydrogen) atoms. The first-order valence-electron chi connectivity index (χ1n) is 11.1. The number of aromatic nitrogens is 1. The summed E-state index contributed by atoms with van der Waals surface area (Å²) in [5.74, 6) is 1.33.